The Labute approximate surface area is 76.5 Å². The molecule has 0 spiro atoms. The molecule has 0 heterocycles. The highest BCUT2D eigenvalue weighted by atomic mass is 19.4. The second-order valence-electron chi connectivity index (χ2n) is 2.23. The standard InChI is InChI=1S/C7H4F3N3O/c8-7(9,10)14-6-3-1-5(2-4-6)12-13-11/h1-4H. The van der Waals surface area contributed by atoms with E-state index in [0.29, 0.717) is 0 Å². The predicted octanol–water partition coefficient (Wildman–Crippen LogP) is 3.53. The maximum atomic E-state index is 11.7. The van der Waals surface area contributed by atoms with Crippen LogP contribution in [0.3, 0.4) is 0 Å². The number of ether oxygens (including phenoxy) is 1. The van der Waals surface area contributed by atoms with Gasteiger partial charge in [0, 0.05) is 10.6 Å². The second-order valence-corrected chi connectivity index (χ2v) is 2.23. The molecule has 0 N–H and O–H groups in total. The minimum atomic E-state index is -4.71. The molecule has 0 bridgehead atoms. The third kappa shape index (κ3) is 3.24. The molecule has 74 valence electrons. The lowest BCUT2D eigenvalue weighted by atomic mass is 10.3. The summed E-state index contributed by atoms with van der Waals surface area (Å²) < 4.78 is 38.7. The number of alkyl halides is 3. The Balaban J connectivity index is 2.78. The van der Waals surface area contributed by atoms with Gasteiger partial charge < -0.3 is 4.74 Å². The summed E-state index contributed by atoms with van der Waals surface area (Å²) in [6.45, 7) is 0. The highest BCUT2D eigenvalue weighted by Crippen LogP contribution is 2.24. The van der Waals surface area contributed by atoms with Gasteiger partial charge >= 0.3 is 6.36 Å². The summed E-state index contributed by atoms with van der Waals surface area (Å²) in [6, 6.07) is 4.58. The number of azide groups is 1. The zero-order valence-electron chi connectivity index (χ0n) is 6.69. The Morgan fingerprint density at radius 2 is 1.79 bits per heavy atom. The Morgan fingerprint density at radius 1 is 1.21 bits per heavy atom. The van der Waals surface area contributed by atoms with Gasteiger partial charge in [0.15, 0.2) is 0 Å². The smallest absolute Gasteiger partial charge is 0.406 e. The average Bonchev–Trinajstić information content (AvgIpc) is 2.06. The lowest BCUT2D eigenvalue weighted by molar-refractivity contribution is -0.274. The van der Waals surface area contributed by atoms with Crippen LogP contribution in [0.4, 0.5) is 18.9 Å². The van der Waals surface area contributed by atoms with E-state index in [9.17, 15) is 13.2 Å². The molecule has 7 heteroatoms. The van der Waals surface area contributed by atoms with Crippen molar-refractivity contribution in [1.29, 1.82) is 0 Å². The van der Waals surface area contributed by atoms with Gasteiger partial charge in [-0.05, 0) is 29.8 Å². The molecule has 14 heavy (non-hydrogen) atoms. The average molecular weight is 203 g/mol. The van der Waals surface area contributed by atoms with Gasteiger partial charge in [-0.2, -0.15) is 0 Å². The van der Waals surface area contributed by atoms with Gasteiger partial charge in [0.1, 0.15) is 5.75 Å². The van der Waals surface area contributed by atoms with Crippen LogP contribution in [0, 0.1) is 0 Å². The summed E-state index contributed by atoms with van der Waals surface area (Å²) in [4.78, 5) is 2.47. The third-order valence-electron chi connectivity index (χ3n) is 1.23. The highest BCUT2D eigenvalue weighted by molar-refractivity contribution is 5.40. The fraction of sp³-hybridized carbons (Fsp3) is 0.143. The molecular formula is C7H4F3N3O. The van der Waals surface area contributed by atoms with Crippen LogP contribution in [0.1, 0.15) is 0 Å². The molecule has 0 aromatic heterocycles. The third-order valence-corrected chi connectivity index (χ3v) is 1.23. The molecule has 1 rings (SSSR count). The fourth-order valence-corrected chi connectivity index (χ4v) is 0.766. The van der Waals surface area contributed by atoms with Crippen LogP contribution in [-0.4, -0.2) is 6.36 Å². The largest absolute Gasteiger partial charge is 0.573 e. The van der Waals surface area contributed by atoms with Crippen LogP contribution >= 0.6 is 0 Å². The van der Waals surface area contributed by atoms with E-state index in [-0.39, 0.29) is 11.4 Å². The molecule has 1 aromatic rings. The van der Waals surface area contributed by atoms with Crippen molar-refractivity contribution < 1.29 is 17.9 Å². The van der Waals surface area contributed by atoms with Crippen molar-refractivity contribution in [2.45, 2.75) is 6.36 Å². The molecule has 0 fully saturated rings. The quantitative estimate of drug-likeness (QED) is 0.412. The molecule has 0 atom stereocenters. The SMILES string of the molecule is [N-]=[N+]=Nc1ccc(OC(F)(F)F)cc1. The zero-order valence-corrected chi connectivity index (χ0v) is 6.69. The van der Waals surface area contributed by atoms with Crippen LogP contribution in [0.5, 0.6) is 5.75 Å². The lowest BCUT2D eigenvalue weighted by Crippen LogP contribution is -2.16. The molecule has 0 aliphatic carbocycles. The fourth-order valence-electron chi connectivity index (χ4n) is 0.766. The van der Waals surface area contributed by atoms with E-state index in [2.05, 4.69) is 14.8 Å². The van der Waals surface area contributed by atoms with Gasteiger partial charge in [0.05, 0.1) is 0 Å². The van der Waals surface area contributed by atoms with Crippen molar-refractivity contribution in [1.82, 2.24) is 0 Å². The van der Waals surface area contributed by atoms with Gasteiger partial charge in [0.25, 0.3) is 0 Å². The van der Waals surface area contributed by atoms with Gasteiger partial charge in [-0.3, -0.25) is 0 Å². The first-order valence-electron chi connectivity index (χ1n) is 3.42. The number of benzene rings is 1. The van der Waals surface area contributed by atoms with E-state index in [4.69, 9.17) is 5.53 Å². The van der Waals surface area contributed by atoms with Gasteiger partial charge in [-0.1, -0.05) is 5.11 Å². The number of rotatable bonds is 2. The van der Waals surface area contributed by atoms with Crippen molar-refractivity contribution in [3.8, 4) is 5.75 Å². The monoisotopic (exact) mass is 203 g/mol. The minimum absolute atomic E-state index is 0.224. The Morgan fingerprint density at radius 3 is 2.21 bits per heavy atom. The van der Waals surface area contributed by atoms with Crippen LogP contribution in [0.2, 0.25) is 0 Å². The van der Waals surface area contributed by atoms with Crippen molar-refractivity contribution in [3.63, 3.8) is 0 Å². The molecule has 0 saturated heterocycles. The normalized spacial score (nSPS) is 10.5. The van der Waals surface area contributed by atoms with Crippen LogP contribution in [0.25, 0.3) is 10.4 Å². The predicted molar refractivity (Wildman–Crippen MR) is 41.9 cm³/mol. The molecule has 1 aromatic carbocycles. The minimum Gasteiger partial charge on any atom is -0.406 e. The van der Waals surface area contributed by atoms with Crippen molar-refractivity contribution in [2.24, 2.45) is 5.11 Å². The topological polar surface area (TPSA) is 58.0 Å². The summed E-state index contributed by atoms with van der Waals surface area (Å²) >= 11 is 0. The van der Waals surface area contributed by atoms with E-state index in [1.807, 2.05) is 0 Å². The van der Waals surface area contributed by atoms with Crippen molar-refractivity contribution in [2.75, 3.05) is 0 Å². The van der Waals surface area contributed by atoms with Crippen LogP contribution in [0.15, 0.2) is 29.4 Å². The summed E-state index contributed by atoms with van der Waals surface area (Å²) in [5.41, 5.74) is 8.25. The molecular weight excluding hydrogens is 199 g/mol. The molecule has 0 amide bonds. The first-order chi connectivity index (χ1) is 6.51. The van der Waals surface area contributed by atoms with E-state index in [1.165, 1.54) is 12.1 Å². The van der Waals surface area contributed by atoms with Crippen LogP contribution in [-0.2, 0) is 0 Å². The van der Waals surface area contributed by atoms with Crippen molar-refractivity contribution >= 4 is 5.69 Å². The first kappa shape index (κ1) is 10.2. The zero-order chi connectivity index (χ0) is 10.6. The van der Waals surface area contributed by atoms with Gasteiger partial charge in [-0.15, -0.1) is 13.2 Å². The Kier molecular flexibility index (Phi) is 2.83. The summed E-state index contributed by atoms with van der Waals surface area (Å²) in [6.07, 6.45) is -4.71. The summed E-state index contributed by atoms with van der Waals surface area (Å²) in [5, 5.41) is 3.19. The molecule has 0 unspecified atom stereocenters. The summed E-state index contributed by atoms with van der Waals surface area (Å²) in [7, 11) is 0. The Bertz CT molecular complexity index is 353. The number of nitrogens with zero attached hydrogens (tertiary/aromatic N) is 3. The van der Waals surface area contributed by atoms with Crippen LogP contribution < -0.4 is 4.74 Å². The molecule has 4 nitrogen and oxygen atoms in total. The Hall–Kier alpha value is -1.88. The van der Waals surface area contributed by atoms with Gasteiger partial charge in [-0.25, -0.2) is 0 Å². The molecule has 0 aliphatic rings. The number of halogens is 3. The first-order valence-corrected chi connectivity index (χ1v) is 3.42. The number of hydrogen-bond acceptors (Lipinski definition) is 2. The maximum absolute atomic E-state index is 11.7. The van der Waals surface area contributed by atoms with E-state index < -0.39 is 6.36 Å². The number of hydrogen-bond donors (Lipinski definition) is 0. The summed E-state index contributed by atoms with van der Waals surface area (Å²) in [5.74, 6) is -0.352. The van der Waals surface area contributed by atoms with E-state index in [1.54, 1.807) is 0 Å². The second kappa shape index (κ2) is 3.89. The maximum Gasteiger partial charge on any atom is 0.573 e. The van der Waals surface area contributed by atoms with Gasteiger partial charge in [0.2, 0.25) is 0 Å². The highest BCUT2D eigenvalue weighted by Gasteiger charge is 2.30. The molecule has 0 radical (unpaired) electrons. The van der Waals surface area contributed by atoms with E-state index >= 15 is 0 Å². The molecule has 0 saturated carbocycles. The lowest BCUT2D eigenvalue weighted by Gasteiger charge is -2.07. The van der Waals surface area contributed by atoms with Crippen molar-refractivity contribution in [3.05, 3.63) is 34.7 Å². The molecule has 0 aliphatic heterocycles. The van der Waals surface area contributed by atoms with E-state index in [0.717, 1.165) is 12.1 Å².